The zero-order chi connectivity index (χ0) is 13.2. The van der Waals surface area contributed by atoms with Crippen LogP contribution in [0, 0.1) is 11.6 Å². The second-order valence-corrected chi connectivity index (χ2v) is 4.88. The van der Waals surface area contributed by atoms with Crippen LogP contribution >= 0.6 is 0 Å². The van der Waals surface area contributed by atoms with Crippen molar-refractivity contribution in [1.82, 2.24) is 5.32 Å². The highest BCUT2D eigenvalue weighted by Gasteiger charge is 2.31. The number of hydrogen-bond acceptors (Lipinski definition) is 2. The number of benzene rings is 1. The van der Waals surface area contributed by atoms with Crippen molar-refractivity contribution in [2.45, 2.75) is 25.3 Å². The van der Waals surface area contributed by atoms with E-state index >= 15 is 0 Å². The second kappa shape index (κ2) is 4.92. The van der Waals surface area contributed by atoms with Gasteiger partial charge in [0.25, 0.3) is 0 Å². The first-order valence-electron chi connectivity index (χ1n) is 5.96. The molecule has 1 N–H and O–H groups in total. The highest BCUT2D eigenvalue weighted by atomic mass is 19.1. The summed E-state index contributed by atoms with van der Waals surface area (Å²) in [4.78, 5) is 12.2. The molecule has 1 aliphatic rings. The van der Waals surface area contributed by atoms with Crippen molar-refractivity contribution in [3.63, 3.8) is 0 Å². The Bertz CT molecular complexity index is 422. The van der Waals surface area contributed by atoms with E-state index in [1.54, 1.807) is 4.90 Å². The summed E-state index contributed by atoms with van der Waals surface area (Å²) in [6.07, 6.45) is 2.01. The Labute approximate surface area is 105 Å². The molecule has 0 bridgehead atoms. The maximum absolute atomic E-state index is 13.6. The summed E-state index contributed by atoms with van der Waals surface area (Å²) in [5, 5.41) is 2.77. The molecule has 0 aliphatic carbocycles. The van der Waals surface area contributed by atoms with E-state index in [0.717, 1.165) is 0 Å². The average molecular weight is 254 g/mol. The Morgan fingerprint density at radius 3 is 2.33 bits per heavy atom. The number of nitrogens with zero attached hydrogens (tertiary/aromatic N) is 1. The maximum Gasteiger partial charge on any atom is 0.207 e. The van der Waals surface area contributed by atoms with Gasteiger partial charge in [0.05, 0.1) is 0 Å². The number of piperidine rings is 1. The lowest BCUT2D eigenvalue weighted by Gasteiger charge is -2.40. The number of carbonyl (C=O) groups excluding carboxylic acids is 1. The molecule has 0 unspecified atom stereocenters. The zero-order valence-corrected chi connectivity index (χ0v) is 10.2. The van der Waals surface area contributed by atoms with Gasteiger partial charge in [0, 0.05) is 18.6 Å². The molecule has 0 saturated carbocycles. The van der Waals surface area contributed by atoms with Gasteiger partial charge in [-0.3, -0.25) is 4.79 Å². The maximum atomic E-state index is 13.6. The van der Waals surface area contributed by atoms with Crippen molar-refractivity contribution < 1.29 is 13.6 Å². The fraction of sp³-hybridized carbons (Fsp3) is 0.462. The van der Waals surface area contributed by atoms with Crippen LogP contribution in [0.2, 0.25) is 0 Å². The van der Waals surface area contributed by atoms with Crippen molar-refractivity contribution >= 4 is 12.1 Å². The van der Waals surface area contributed by atoms with Crippen LogP contribution in [-0.2, 0) is 4.79 Å². The number of anilines is 1. The lowest BCUT2D eigenvalue weighted by atomic mass is 9.89. The van der Waals surface area contributed by atoms with Crippen molar-refractivity contribution in [1.29, 1.82) is 0 Å². The third-order valence-electron chi connectivity index (χ3n) is 3.53. The molecule has 1 aromatic carbocycles. The van der Waals surface area contributed by atoms with Gasteiger partial charge in [-0.05, 0) is 31.9 Å². The predicted molar refractivity (Wildman–Crippen MR) is 65.4 cm³/mol. The number of halogens is 2. The van der Waals surface area contributed by atoms with Gasteiger partial charge in [-0.1, -0.05) is 6.07 Å². The number of amides is 1. The van der Waals surface area contributed by atoms with Gasteiger partial charge in [0.1, 0.15) is 17.3 Å². The van der Waals surface area contributed by atoms with Crippen LogP contribution in [0.3, 0.4) is 0 Å². The molecular weight excluding hydrogens is 238 g/mol. The van der Waals surface area contributed by atoms with Gasteiger partial charge >= 0.3 is 0 Å². The third kappa shape index (κ3) is 2.44. The number of para-hydroxylation sites is 1. The van der Waals surface area contributed by atoms with Crippen LogP contribution in [0.15, 0.2) is 18.2 Å². The van der Waals surface area contributed by atoms with E-state index in [4.69, 9.17) is 0 Å². The van der Waals surface area contributed by atoms with Crippen LogP contribution in [0.1, 0.15) is 19.8 Å². The van der Waals surface area contributed by atoms with Crippen LogP contribution in [0.25, 0.3) is 0 Å². The molecule has 1 aromatic rings. The van der Waals surface area contributed by atoms with Crippen LogP contribution in [0.5, 0.6) is 0 Å². The van der Waals surface area contributed by atoms with Gasteiger partial charge < -0.3 is 10.2 Å². The summed E-state index contributed by atoms with van der Waals surface area (Å²) in [7, 11) is 0. The van der Waals surface area contributed by atoms with E-state index < -0.39 is 11.6 Å². The van der Waals surface area contributed by atoms with E-state index in [0.29, 0.717) is 32.3 Å². The van der Waals surface area contributed by atoms with Crippen LogP contribution in [0.4, 0.5) is 14.5 Å². The molecule has 98 valence electrons. The molecule has 18 heavy (non-hydrogen) atoms. The number of rotatable bonds is 3. The Balaban J connectivity index is 2.12. The summed E-state index contributed by atoms with van der Waals surface area (Å²) < 4.78 is 27.2. The quantitative estimate of drug-likeness (QED) is 0.837. The van der Waals surface area contributed by atoms with Gasteiger partial charge in [0.15, 0.2) is 0 Å². The van der Waals surface area contributed by atoms with E-state index in [1.807, 2.05) is 6.92 Å². The van der Waals surface area contributed by atoms with E-state index in [9.17, 15) is 13.6 Å². The topological polar surface area (TPSA) is 32.3 Å². The first-order chi connectivity index (χ1) is 8.56. The standard InChI is InChI=1S/C13H16F2N2O/c1-13(16-9-18)5-7-17(8-6-13)12-10(14)3-2-4-11(12)15/h2-4,9H,5-8H2,1H3,(H,16,18). The van der Waals surface area contributed by atoms with E-state index in [-0.39, 0.29) is 11.2 Å². The highest BCUT2D eigenvalue weighted by Crippen LogP contribution is 2.29. The first-order valence-corrected chi connectivity index (χ1v) is 5.96. The lowest BCUT2D eigenvalue weighted by Crippen LogP contribution is -2.51. The van der Waals surface area contributed by atoms with Crippen LogP contribution < -0.4 is 10.2 Å². The van der Waals surface area contributed by atoms with E-state index in [1.165, 1.54) is 18.2 Å². The minimum absolute atomic E-state index is 0.0330. The Hall–Kier alpha value is -1.65. The molecular formula is C13H16F2N2O. The Morgan fingerprint density at radius 1 is 1.28 bits per heavy atom. The Morgan fingerprint density at radius 2 is 1.83 bits per heavy atom. The van der Waals surface area contributed by atoms with Gasteiger partial charge in [0.2, 0.25) is 6.41 Å². The minimum atomic E-state index is -0.540. The van der Waals surface area contributed by atoms with Crippen LogP contribution in [-0.4, -0.2) is 25.0 Å². The molecule has 0 atom stereocenters. The monoisotopic (exact) mass is 254 g/mol. The number of hydrogen-bond donors (Lipinski definition) is 1. The molecule has 0 spiro atoms. The van der Waals surface area contributed by atoms with E-state index in [2.05, 4.69) is 5.32 Å². The second-order valence-electron chi connectivity index (χ2n) is 4.88. The summed E-state index contributed by atoms with van der Waals surface area (Å²) >= 11 is 0. The molecule has 3 nitrogen and oxygen atoms in total. The molecule has 1 fully saturated rings. The average Bonchev–Trinajstić information content (AvgIpc) is 2.32. The van der Waals surface area contributed by atoms with Crippen molar-refractivity contribution in [2.24, 2.45) is 0 Å². The summed E-state index contributed by atoms with van der Waals surface area (Å²) in [6, 6.07) is 3.88. The lowest BCUT2D eigenvalue weighted by molar-refractivity contribution is -0.111. The first kappa shape index (κ1) is 12.8. The fourth-order valence-corrected chi connectivity index (χ4v) is 2.30. The van der Waals surface area contributed by atoms with Crippen molar-refractivity contribution in [2.75, 3.05) is 18.0 Å². The summed E-state index contributed by atoms with van der Waals surface area (Å²) in [6.45, 7) is 2.99. The van der Waals surface area contributed by atoms with Crippen molar-refractivity contribution in [3.8, 4) is 0 Å². The highest BCUT2D eigenvalue weighted by molar-refractivity contribution is 5.51. The smallest absolute Gasteiger partial charge is 0.207 e. The zero-order valence-electron chi connectivity index (χ0n) is 10.2. The molecule has 1 heterocycles. The predicted octanol–water partition coefficient (Wildman–Crippen LogP) is 2.07. The molecule has 2 rings (SSSR count). The van der Waals surface area contributed by atoms with Crippen molar-refractivity contribution in [3.05, 3.63) is 29.8 Å². The Kier molecular flexibility index (Phi) is 3.50. The summed E-state index contributed by atoms with van der Waals surface area (Å²) in [5.41, 5.74) is -0.245. The summed E-state index contributed by atoms with van der Waals surface area (Å²) in [5.74, 6) is -1.08. The van der Waals surface area contributed by atoms with Gasteiger partial charge in [-0.15, -0.1) is 0 Å². The molecule has 0 radical (unpaired) electrons. The number of nitrogens with one attached hydrogen (secondary N) is 1. The number of carbonyl (C=O) groups is 1. The molecule has 1 aliphatic heterocycles. The SMILES string of the molecule is CC1(NC=O)CCN(c2c(F)cccc2F)CC1. The molecule has 1 amide bonds. The van der Waals surface area contributed by atoms with Gasteiger partial charge in [-0.2, -0.15) is 0 Å². The van der Waals surface area contributed by atoms with Gasteiger partial charge in [-0.25, -0.2) is 8.78 Å². The largest absolute Gasteiger partial charge is 0.367 e. The fourth-order valence-electron chi connectivity index (χ4n) is 2.30. The molecule has 5 heteroatoms. The molecule has 0 aromatic heterocycles. The normalized spacial score (nSPS) is 18.5. The minimum Gasteiger partial charge on any atom is -0.367 e. The third-order valence-corrected chi connectivity index (χ3v) is 3.53. The molecule has 1 saturated heterocycles.